The number of anilines is 4. The molecule has 4 fully saturated rings. The molecule has 4 aliphatic rings. The van der Waals surface area contributed by atoms with Gasteiger partial charge in [0, 0.05) is 26.2 Å². The van der Waals surface area contributed by atoms with Crippen LogP contribution >= 0.6 is 0 Å². The van der Waals surface area contributed by atoms with E-state index in [1.54, 1.807) is 30.3 Å². The van der Waals surface area contributed by atoms with Gasteiger partial charge >= 0.3 is 0 Å². The number of pyridine rings is 1. The third kappa shape index (κ3) is 5.62. The molecule has 3 N–H and O–H groups in total. The molecule has 2 aliphatic carbocycles. The van der Waals surface area contributed by atoms with Gasteiger partial charge in [-0.1, -0.05) is 0 Å². The molecule has 1 spiro atoms. The first-order chi connectivity index (χ1) is 18.8. The van der Waals surface area contributed by atoms with Crippen molar-refractivity contribution in [3.05, 3.63) is 35.9 Å². The average molecular weight is 560 g/mol. The number of benzene rings is 1. The maximum atomic E-state index is 13.6. The average Bonchev–Trinajstić information content (AvgIpc) is 3.81. The second-order valence-electron chi connectivity index (χ2n) is 11.3. The number of alkyl halides is 1. The summed E-state index contributed by atoms with van der Waals surface area (Å²) in [6.07, 6.45) is 5.76. The lowest BCUT2D eigenvalue weighted by Gasteiger charge is -2.35. The van der Waals surface area contributed by atoms with Gasteiger partial charge in [-0.25, -0.2) is 17.8 Å². The van der Waals surface area contributed by atoms with Crippen molar-refractivity contribution in [2.45, 2.75) is 32.1 Å². The number of halogens is 1. The molecule has 2 atom stereocenters. The van der Waals surface area contributed by atoms with Crippen molar-refractivity contribution in [2.75, 3.05) is 65.2 Å². The van der Waals surface area contributed by atoms with Crippen LogP contribution in [-0.4, -0.2) is 69.8 Å². The fourth-order valence-electron chi connectivity index (χ4n) is 5.96. The van der Waals surface area contributed by atoms with E-state index in [1.165, 1.54) is 19.3 Å². The number of nitrogens with one attached hydrogen (secondary N) is 2. The molecule has 6 rings (SSSR count). The number of carbonyl (C=O) groups excluding carboxylic acids is 1. The van der Waals surface area contributed by atoms with E-state index in [1.807, 2.05) is 0 Å². The number of hydrogen-bond donors (Lipinski definition) is 3. The fourth-order valence-corrected chi connectivity index (χ4v) is 6.78. The Morgan fingerprint density at radius 2 is 1.85 bits per heavy atom. The predicted molar refractivity (Wildman–Crippen MR) is 147 cm³/mol. The van der Waals surface area contributed by atoms with E-state index in [-0.39, 0.29) is 5.91 Å². The quantitative estimate of drug-likeness (QED) is 0.406. The third-order valence-electron chi connectivity index (χ3n) is 8.57. The van der Waals surface area contributed by atoms with Crippen molar-refractivity contribution in [1.29, 1.82) is 0 Å². The van der Waals surface area contributed by atoms with Crippen molar-refractivity contribution in [2.24, 2.45) is 17.3 Å². The van der Waals surface area contributed by atoms with Gasteiger partial charge in [0.15, 0.2) is 11.6 Å². The zero-order valence-electron chi connectivity index (χ0n) is 21.7. The van der Waals surface area contributed by atoms with E-state index in [0.717, 1.165) is 39.0 Å². The van der Waals surface area contributed by atoms with Crippen molar-refractivity contribution in [1.82, 2.24) is 4.98 Å². The monoisotopic (exact) mass is 559 g/mol. The number of hydrogen-bond acceptors (Lipinski definition) is 8. The number of rotatable bonds is 10. The summed E-state index contributed by atoms with van der Waals surface area (Å²) in [7, 11) is -3.72. The highest BCUT2D eigenvalue weighted by molar-refractivity contribution is 7.92. The van der Waals surface area contributed by atoms with E-state index in [0.29, 0.717) is 51.6 Å². The predicted octanol–water partition coefficient (Wildman–Crippen LogP) is 3.21. The largest absolute Gasteiger partial charge is 0.459 e. The van der Waals surface area contributed by atoms with E-state index in [2.05, 4.69) is 24.8 Å². The maximum Gasteiger partial charge on any atom is 0.258 e. The Bertz CT molecular complexity index is 1350. The van der Waals surface area contributed by atoms with Gasteiger partial charge in [-0.05, 0) is 79.7 Å². The number of sulfonamides is 1. The highest BCUT2D eigenvalue weighted by Crippen LogP contribution is 2.54. The molecule has 3 heterocycles. The Hall–Kier alpha value is -3.12. The molecule has 0 radical (unpaired) electrons. The Morgan fingerprint density at radius 3 is 2.51 bits per heavy atom. The lowest BCUT2D eigenvalue weighted by atomic mass is 9.93. The summed E-state index contributed by atoms with van der Waals surface area (Å²) in [5.74, 6) is 1.69. The van der Waals surface area contributed by atoms with Gasteiger partial charge < -0.3 is 25.0 Å². The third-order valence-corrected chi connectivity index (χ3v) is 9.83. The number of aliphatic hydroxyl groups is 1. The zero-order chi connectivity index (χ0) is 27.2. The molecule has 210 valence electrons. The minimum Gasteiger partial charge on any atom is -0.459 e. The molecule has 1 aromatic carbocycles. The minimum absolute atomic E-state index is 0.330. The lowest BCUT2D eigenvalue weighted by molar-refractivity contribution is 0.102. The van der Waals surface area contributed by atoms with Crippen LogP contribution in [-0.2, 0) is 10.0 Å². The zero-order valence-corrected chi connectivity index (χ0v) is 22.6. The first kappa shape index (κ1) is 26.1. The number of ether oxygens (including phenoxy) is 1. The topological polar surface area (TPSA) is 124 Å². The first-order valence-electron chi connectivity index (χ1n) is 13.5. The van der Waals surface area contributed by atoms with Crippen molar-refractivity contribution < 1.29 is 27.4 Å². The summed E-state index contributed by atoms with van der Waals surface area (Å²) >= 11 is 0. The summed E-state index contributed by atoms with van der Waals surface area (Å²) in [5.41, 5.74) is 1.81. The van der Waals surface area contributed by atoms with E-state index in [4.69, 9.17) is 9.84 Å². The molecule has 12 heteroatoms. The number of piperidine rings is 2. The van der Waals surface area contributed by atoms with Gasteiger partial charge in [-0.3, -0.25) is 9.52 Å². The van der Waals surface area contributed by atoms with E-state index < -0.39 is 29.2 Å². The number of aliphatic hydroxyl groups excluding tert-OH is 1. The van der Waals surface area contributed by atoms with Crippen LogP contribution < -0.4 is 24.6 Å². The molecule has 0 bridgehead atoms. The van der Waals surface area contributed by atoms with Gasteiger partial charge in [0.05, 0.1) is 29.3 Å². The van der Waals surface area contributed by atoms with Crippen LogP contribution in [0.2, 0.25) is 0 Å². The minimum atomic E-state index is -3.72. The fraction of sp³-hybridized carbons (Fsp3) is 0.556. The highest BCUT2D eigenvalue weighted by Gasteiger charge is 2.46. The summed E-state index contributed by atoms with van der Waals surface area (Å²) in [4.78, 5) is 22.4. The summed E-state index contributed by atoms with van der Waals surface area (Å²) < 4.78 is 45.2. The number of aromatic nitrogens is 1. The van der Waals surface area contributed by atoms with E-state index in [9.17, 15) is 17.6 Å². The Labute approximate surface area is 227 Å². The smallest absolute Gasteiger partial charge is 0.258 e. The molecule has 1 amide bonds. The van der Waals surface area contributed by atoms with Crippen molar-refractivity contribution in [3.8, 4) is 5.75 Å². The molecule has 2 aromatic rings. The van der Waals surface area contributed by atoms with Crippen LogP contribution in [0.3, 0.4) is 0 Å². The second kappa shape index (κ2) is 10.1. The van der Waals surface area contributed by atoms with Crippen molar-refractivity contribution >= 4 is 38.9 Å². The van der Waals surface area contributed by atoms with Gasteiger partial charge in [0.25, 0.3) is 5.91 Å². The second-order valence-corrected chi connectivity index (χ2v) is 13.1. The number of nitrogens with zero attached hydrogens (tertiary/aromatic N) is 3. The van der Waals surface area contributed by atoms with Crippen molar-refractivity contribution in [3.63, 3.8) is 0 Å². The van der Waals surface area contributed by atoms with Gasteiger partial charge in [0.2, 0.25) is 16.9 Å². The molecular formula is C27H34FN5O5S. The summed E-state index contributed by atoms with van der Waals surface area (Å²) in [6, 6.07) is 8.06. The van der Waals surface area contributed by atoms with Gasteiger partial charge in [0.1, 0.15) is 5.82 Å². The molecule has 39 heavy (non-hydrogen) atoms. The molecule has 10 nitrogen and oxygen atoms in total. The molecule has 2 saturated carbocycles. The van der Waals surface area contributed by atoms with Gasteiger partial charge in [-0.2, -0.15) is 0 Å². The number of amides is 1. The Kier molecular flexibility index (Phi) is 6.78. The lowest BCUT2D eigenvalue weighted by Crippen LogP contribution is -2.35. The molecule has 2 saturated heterocycles. The Morgan fingerprint density at radius 1 is 1.10 bits per heavy atom. The molecule has 2 unspecified atom stereocenters. The summed E-state index contributed by atoms with van der Waals surface area (Å²) in [6.45, 7) is 1.79. The van der Waals surface area contributed by atoms with E-state index >= 15 is 0 Å². The van der Waals surface area contributed by atoms with Crippen LogP contribution in [0.5, 0.6) is 5.75 Å². The van der Waals surface area contributed by atoms with Crippen LogP contribution in [0, 0.1) is 17.3 Å². The summed E-state index contributed by atoms with van der Waals surface area (Å²) in [5, 5.41) is 12.0. The van der Waals surface area contributed by atoms with Crippen LogP contribution in [0.1, 0.15) is 42.5 Å². The van der Waals surface area contributed by atoms with Crippen LogP contribution in [0.25, 0.3) is 0 Å². The van der Waals surface area contributed by atoms with Gasteiger partial charge in [-0.15, -0.1) is 0 Å². The number of fused-ring (bicyclic) bond motifs is 1. The normalized spacial score (nSPS) is 22.9. The van der Waals surface area contributed by atoms with Crippen LogP contribution in [0.4, 0.5) is 27.4 Å². The SMILES string of the molecule is O=C(Nc1ccc(OCF)c(N2CC3CC3C2)n1)c1ccc(NS(=O)(=O)CCO)cc1N1CCC2(CC1)CC2. The maximum absolute atomic E-state index is 13.6. The highest BCUT2D eigenvalue weighted by atomic mass is 32.2. The standard InChI is InChI=1S/C27H34FN5O5S/c28-17-38-23-3-4-24(29-25(23)33-15-18-13-19(18)16-33)30-26(35)21-2-1-20(31-39(36,37)12-11-34)14-22(21)32-9-7-27(5-6-27)8-10-32/h1-4,14,18-19,31,34H,5-13,15-17H2,(H,29,30,35). The molecule has 2 aliphatic heterocycles. The first-order valence-corrected chi connectivity index (χ1v) is 15.2. The number of carbonyl (C=O) groups is 1. The van der Waals surface area contributed by atoms with Crippen LogP contribution in [0.15, 0.2) is 30.3 Å². The Balaban J connectivity index is 1.26. The molecular weight excluding hydrogens is 525 g/mol. The molecule has 1 aromatic heterocycles.